The highest BCUT2D eigenvalue weighted by Crippen LogP contribution is 2.56. The van der Waals surface area contributed by atoms with Crippen molar-refractivity contribution in [2.24, 2.45) is 17.3 Å². The Bertz CT molecular complexity index is 232. The summed E-state index contributed by atoms with van der Waals surface area (Å²) in [7, 11) is 0. The van der Waals surface area contributed by atoms with Crippen molar-refractivity contribution in [2.45, 2.75) is 51.9 Å². The van der Waals surface area contributed by atoms with Crippen LogP contribution in [0.25, 0.3) is 0 Å². The van der Waals surface area contributed by atoms with E-state index in [1.807, 2.05) is 0 Å². The van der Waals surface area contributed by atoms with Crippen LogP contribution in [0, 0.1) is 17.3 Å². The molecular formula is C12H20O2. The van der Waals surface area contributed by atoms with Gasteiger partial charge in [0.25, 0.3) is 0 Å². The van der Waals surface area contributed by atoms with Crippen molar-refractivity contribution in [2.75, 3.05) is 0 Å². The van der Waals surface area contributed by atoms with Crippen LogP contribution in [0.2, 0.25) is 0 Å². The Morgan fingerprint density at radius 3 is 2.64 bits per heavy atom. The van der Waals surface area contributed by atoms with E-state index in [0.717, 1.165) is 24.7 Å². The van der Waals surface area contributed by atoms with Gasteiger partial charge in [-0.2, -0.15) is 0 Å². The molecule has 2 unspecified atom stereocenters. The van der Waals surface area contributed by atoms with Crippen molar-refractivity contribution in [3.05, 3.63) is 0 Å². The lowest BCUT2D eigenvalue weighted by Crippen LogP contribution is -2.32. The SMILES string of the molecule is CC1CCCC(CC(=O)O)(C2CC2)C1. The van der Waals surface area contributed by atoms with E-state index < -0.39 is 5.97 Å². The molecule has 0 amide bonds. The zero-order valence-corrected chi connectivity index (χ0v) is 8.96. The van der Waals surface area contributed by atoms with Gasteiger partial charge in [0.15, 0.2) is 0 Å². The van der Waals surface area contributed by atoms with Crippen molar-refractivity contribution in [3.8, 4) is 0 Å². The molecule has 0 bridgehead atoms. The lowest BCUT2D eigenvalue weighted by Gasteiger charge is -2.39. The van der Waals surface area contributed by atoms with E-state index in [-0.39, 0.29) is 5.41 Å². The summed E-state index contributed by atoms with van der Waals surface area (Å²) in [6, 6.07) is 0. The summed E-state index contributed by atoms with van der Waals surface area (Å²) in [5.74, 6) is 0.885. The number of carboxylic acids is 1. The lowest BCUT2D eigenvalue weighted by molar-refractivity contribution is -0.141. The molecule has 0 aliphatic heterocycles. The molecule has 0 saturated heterocycles. The number of carboxylic acid groups (broad SMARTS) is 1. The highest BCUT2D eigenvalue weighted by Gasteiger charge is 2.47. The van der Waals surface area contributed by atoms with E-state index in [1.54, 1.807) is 0 Å². The third-order valence-electron chi connectivity index (χ3n) is 4.07. The standard InChI is InChI=1S/C12H20O2/c1-9-3-2-6-12(7-9,8-11(13)14)10-4-5-10/h9-10H,2-8H2,1H3,(H,13,14). The molecule has 0 heterocycles. The Morgan fingerprint density at radius 2 is 2.14 bits per heavy atom. The molecule has 0 radical (unpaired) electrons. The molecule has 2 nitrogen and oxygen atoms in total. The minimum Gasteiger partial charge on any atom is -0.481 e. The highest BCUT2D eigenvalue weighted by atomic mass is 16.4. The molecule has 0 spiro atoms. The second kappa shape index (κ2) is 3.56. The van der Waals surface area contributed by atoms with Gasteiger partial charge in [-0.05, 0) is 42.9 Å². The van der Waals surface area contributed by atoms with E-state index in [0.29, 0.717) is 6.42 Å². The molecule has 80 valence electrons. The van der Waals surface area contributed by atoms with Crippen LogP contribution in [0.1, 0.15) is 51.9 Å². The van der Waals surface area contributed by atoms with Gasteiger partial charge in [0.05, 0.1) is 6.42 Å². The Balaban J connectivity index is 2.07. The molecule has 0 aromatic carbocycles. The van der Waals surface area contributed by atoms with Crippen LogP contribution in [0.15, 0.2) is 0 Å². The monoisotopic (exact) mass is 196 g/mol. The fourth-order valence-corrected chi connectivity index (χ4v) is 3.37. The molecule has 2 heteroatoms. The van der Waals surface area contributed by atoms with Gasteiger partial charge in [0.2, 0.25) is 0 Å². The van der Waals surface area contributed by atoms with Gasteiger partial charge in [-0.15, -0.1) is 0 Å². The van der Waals surface area contributed by atoms with E-state index >= 15 is 0 Å². The maximum Gasteiger partial charge on any atom is 0.303 e. The number of hydrogen-bond donors (Lipinski definition) is 1. The number of hydrogen-bond acceptors (Lipinski definition) is 1. The number of aliphatic carboxylic acids is 1. The summed E-state index contributed by atoms with van der Waals surface area (Å²) in [4.78, 5) is 10.9. The van der Waals surface area contributed by atoms with Gasteiger partial charge in [-0.3, -0.25) is 4.79 Å². The first-order valence-corrected chi connectivity index (χ1v) is 5.84. The van der Waals surface area contributed by atoms with Crippen molar-refractivity contribution in [3.63, 3.8) is 0 Å². The summed E-state index contributed by atoms with van der Waals surface area (Å²) in [6.07, 6.45) is 7.83. The highest BCUT2D eigenvalue weighted by molar-refractivity contribution is 5.67. The van der Waals surface area contributed by atoms with Gasteiger partial charge in [0.1, 0.15) is 0 Å². The minimum absolute atomic E-state index is 0.184. The van der Waals surface area contributed by atoms with Crippen molar-refractivity contribution in [1.29, 1.82) is 0 Å². The van der Waals surface area contributed by atoms with E-state index in [2.05, 4.69) is 6.92 Å². The van der Waals surface area contributed by atoms with Crippen LogP contribution in [0.5, 0.6) is 0 Å². The first-order valence-electron chi connectivity index (χ1n) is 5.84. The fraction of sp³-hybridized carbons (Fsp3) is 0.917. The maximum absolute atomic E-state index is 10.9. The van der Waals surface area contributed by atoms with Gasteiger partial charge in [-0.1, -0.05) is 19.8 Å². The topological polar surface area (TPSA) is 37.3 Å². The average Bonchev–Trinajstić information content (AvgIpc) is 2.83. The molecule has 2 aliphatic carbocycles. The zero-order chi connectivity index (χ0) is 10.2. The largest absolute Gasteiger partial charge is 0.481 e. The third-order valence-corrected chi connectivity index (χ3v) is 4.07. The van der Waals surface area contributed by atoms with Crippen molar-refractivity contribution < 1.29 is 9.90 Å². The van der Waals surface area contributed by atoms with Crippen LogP contribution in [-0.2, 0) is 4.79 Å². The third kappa shape index (κ3) is 1.94. The van der Waals surface area contributed by atoms with Crippen molar-refractivity contribution in [1.82, 2.24) is 0 Å². The molecular weight excluding hydrogens is 176 g/mol. The normalized spacial score (nSPS) is 38.2. The first kappa shape index (κ1) is 10.0. The second-order valence-corrected chi connectivity index (χ2v) is 5.41. The van der Waals surface area contributed by atoms with Gasteiger partial charge >= 0.3 is 5.97 Å². The molecule has 2 aliphatic rings. The zero-order valence-electron chi connectivity index (χ0n) is 8.96. The summed E-state index contributed by atoms with van der Waals surface area (Å²) in [6.45, 7) is 2.28. The summed E-state index contributed by atoms with van der Waals surface area (Å²) in [5.41, 5.74) is 0.184. The molecule has 1 N–H and O–H groups in total. The van der Waals surface area contributed by atoms with Crippen LogP contribution in [0.4, 0.5) is 0 Å². The molecule has 2 fully saturated rings. The Hall–Kier alpha value is -0.530. The quantitative estimate of drug-likeness (QED) is 0.753. The molecule has 2 atom stereocenters. The van der Waals surface area contributed by atoms with Gasteiger partial charge in [0, 0.05) is 0 Å². The maximum atomic E-state index is 10.9. The molecule has 2 rings (SSSR count). The van der Waals surface area contributed by atoms with Gasteiger partial charge < -0.3 is 5.11 Å². The Labute approximate surface area is 85.7 Å². The average molecular weight is 196 g/mol. The Kier molecular flexibility index (Phi) is 2.54. The lowest BCUT2D eigenvalue weighted by atomic mass is 9.65. The Morgan fingerprint density at radius 1 is 1.43 bits per heavy atom. The predicted molar refractivity (Wildman–Crippen MR) is 55.0 cm³/mol. The van der Waals surface area contributed by atoms with Crippen molar-refractivity contribution >= 4 is 5.97 Å². The minimum atomic E-state index is -0.592. The molecule has 14 heavy (non-hydrogen) atoms. The number of rotatable bonds is 3. The van der Waals surface area contributed by atoms with Gasteiger partial charge in [-0.25, -0.2) is 0 Å². The fourth-order valence-electron chi connectivity index (χ4n) is 3.37. The number of carbonyl (C=O) groups is 1. The summed E-state index contributed by atoms with van der Waals surface area (Å²) in [5, 5.41) is 8.99. The van der Waals surface area contributed by atoms with E-state index in [1.165, 1.54) is 25.7 Å². The molecule has 2 saturated carbocycles. The van der Waals surface area contributed by atoms with E-state index in [4.69, 9.17) is 5.11 Å². The predicted octanol–water partition coefficient (Wildman–Crippen LogP) is 3.07. The van der Waals surface area contributed by atoms with Crippen LogP contribution >= 0.6 is 0 Å². The molecule has 0 aromatic heterocycles. The van der Waals surface area contributed by atoms with Crippen LogP contribution in [-0.4, -0.2) is 11.1 Å². The second-order valence-electron chi connectivity index (χ2n) is 5.41. The van der Waals surface area contributed by atoms with Crippen LogP contribution < -0.4 is 0 Å². The molecule has 0 aromatic rings. The van der Waals surface area contributed by atoms with Crippen LogP contribution in [0.3, 0.4) is 0 Å². The first-order chi connectivity index (χ1) is 6.62. The van der Waals surface area contributed by atoms with E-state index in [9.17, 15) is 4.79 Å². The summed E-state index contributed by atoms with van der Waals surface area (Å²) >= 11 is 0. The smallest absolute Gasteiger partial charge is 0.303 e. The summed E-state index contributed by atoms with van der Waals surface area (Å²) < 4.78 is 0.